The summed E-state index contributed by atoms with van der Waals surface area (Å²) in [7, 11) is 0. The number of carboxylic acids is 3. The quantitative estimate of drug-likeness (QED) is 0.350. The molecule has 134 valence electrons. The van der Waals surface area contributed by atoms with Crippen molar-refractivity contribution in [3.63, 3.8) is 0 Å². The fourth-order valence-electron chi connectivity index (χ4n) is 0.746. The molecule has 0 saturated carbocycles. The molecular weight excluding hydrogens is 294 g/mol. The molecule has 9 nitrogen and oxygen atoms in total. The fraction of sp³-hybridized carbons (Fsp3) is 0.769. The summed E-state index contributed by atoms with van der Waals surface area (Å²) in [5.74, 6) is -2.50. The molecule has 0 radical (unpaired) electrons. The van der Waals surface area contributed by atoms with Crippen LogP contribution in [0.25, 0.3) is 0 Å². The molecule has 0 aromatic carbocycles. The molecule has 0 fully saturated rings. The van der Waals surface area contributed by atoms with E-state index in [1.54, 1.807) is 0 Å². The zero-order valence-electron chi connectivity index (χ0n) is 13.7. The van der Waals surface area contributed by atoms with Gasteiger partial charge in [0, 0.05) is 20.8 Å². The lowest BCUT2D eigenvalue weighted by Crippen LogP contribution is -2.19. The number of nitrogens with two attached hydrogens (primary N) is 2. The zero-order chi connectivity index (χ0) is 18.4. The van der Waals surface area contributed by atoms with Crippen molar-refractivity contribution in [1.82, 2.24) is 5.32 Å². The van der Waals surface area contributed by atoms with Crippen molar-refractivity contribution in [2.75, 3.05) is 26.2 Å². The van der Waals surface area contributed by atoms with Gasteiger partial charge in [-0.15, -0.1) is 0 Å². The number of unbranched alkanes of at least 4 members (excludes halogenated alkanes) is 1. The van der Waals surface area contributed by atoms with Crippen molar-refractivity contribution in [3.05, 3.63) is 0 Å². The van der Waals surface area contributed by atoms with Gasteiger partial charge in [-0.1, -0.05) is 0 Å². The van der Waals surface area contributed by atoms with Gasteiger partial charge in [0.25, 0.3) is 17.9 Å². The number of hydrogen-bond donors (Lipinski definition) is 6. The Morgan fingerprint density at radius 2 is 1.00 bits per heavy atom. The van der Waals surface area contributed by atoms with Gasteiger partial charge in [-0.25, -0.2) is 0 Å². The van der Waals surface area contributed by atoms with Crippen LogP contribution in [0.2, 0.25) is 0 Å². The number of aliphatic carboxylic acids is 3. The Balaban J connectivity index is -0.000000112. The van der Waals surface area contributed by atoms with E-state index in [1.165, 1.54) is 6.42 Å². The first-order valence-electron chi connectivity index (χ1n) is 6.81. The molecule has 0 rings (SSSR count). The van der Waals surface area contributed by atoms with E-state index in [2.05, 4.69) is 5.32 Å². The molecule has 0 aliphatic rings. The smallest absolute Gasteiger partial charge is 0.300 e. The largest absolute Gasteiger partial charge is 0.481 e. The third kappa shape index (κ3) is 195. The maximum atomic E-state index is 9.00. The van der Waals surface area contributed by atoms with E-state index in [1.807, 2.05) is 0 Å². The summed E-state index contributed by atoms with van der Waals surface area (Å²) in [6.45, 7) is 6.96. The molecule has 0 amide bonds. The summed E-state index contributed by atoms with van der Waals surface area (Å²) < 4.78 is 0. The first-order chi connectivity index (χ1) is 10.1. The maximum Gasteiger partial charge on any atom is 0.300 e. The SMILES string of the molecule is CC(=O)O.CC(=O)O.CC(=O)O.NCCCCNCCCN. The number of hydrogen-bond acceptors (Lipinski definition) is 6. The minimum Gasteiger partial charge on any atom is -0.481 e. The molecule has 9 heteroatoms. The van der Waals surface area contributed by atoms with Gasteiger partial charge in [0.1, 0.15) is 0 Å². The Morgan fingerprint density at radius 1 is 0.727 bits per heavy atom. The summed E-state index contributed by atoms with van der Waals surface area (Å²) in [4.78, 5) is 27.0. The average molecular weight is 325 g/mol. The highest BCUT2D eigenvalue weighted by molar-refractivity contribution is 5.63. The molecule has 0 aromatic heterocycles. The van der Waals surface area contributed by atoms with Crippen LogP contribution in [0, 0.1) is 0 Å². The van der Waals surface area contributed by atoms with Gasteiger partial charge < -0.3 is 32.1 Å². The van der Waals surface area contributed by atoms with Gasteiger partial charge in [-0.05, 0) is 45.4 Å². The molecule has 0 aliphatic carbocycles. The summed E-state index contributed by atoms with van der Waals surface area (Å²) in [5.41, 5.74) is 10.6. The van der Waals surface area contributed by atoms with E-state index in [4.69, 9.17) is 41.2 Å². The van der Waals surface area contributed by atoms with E-state index in [-0.39, 0.29) is 0 Å². The Morgan fingerprint density at radius 3 is 1.27 bits per heavy atom. The van der Waals surface area contributed by atoms with Gasteiger partial charge in [-0.2, -0.15) is 0 Å². The van der Waals surface area contributed by atoms with Crippen LogP contribution in [0.15, 0.2) is 0 Å². The van der Waals surface area contributed by atoms with Gasteiger partial charge >= 0.3 is 0 Å². The third-order valence-corrected chi connectivity index (χ3v) is 1.37. The minimum atomic E-state index is -0.833. The van der Waals surface area contributed by atoms with Crippen LogP contribution >= 0.6 is 0 Å². The van der Waals surface area contributed by atoms with Crippen molar-refractivity contribution in [2.24, 2.45) is 11.5 Å². The van der Waals surface area contributed by atoms with Gasteiger partial charge in [0.15, 0.2) is 0 Å². The zero-order valence-corrected chi connectivity index (χ0v) is 13.7. The van der Waals surface area contributed by atoms with Crippen LogP contribution in [0.4, 0.5) is 0 Å². The van der Waals surface area contributed by atoms with Crippen molar-refractivity contribution in [3.8, 4) is 0 Å². The summed E-state index contributed by atoms with van der Waals surface area (Å²) in [6.07, 6.45) is 3.37. The van der Waals surface area contributed by atoms with E-state index < -0.39 is 17.9 Å². The predicted octanol–water partition coefficient (Wildman–Crippen LogP) is -0.0636. The normalized spacial score (nSPS) is 8.05. The summed E-state index contributed by atoms with van der Waals surface area (Å²) in [5, 5.41) is 25.5. The molecule has 0 aromatic rings. The molecule has 0 heterocycles. The topological polar surface area (TPSA) is 176 Å². The highest BCUT2D eigenvalue weighted by atomic mass is 16.4. The van der Waals surface area contributed by atoms with Crippen LogP contribution in [0.1, 0.15) is 40.0 Å². The lowest BCUT2D eigenvalue weighted by atomic mass is 10.3. The first kappa shape index (κ1) is 28.5. The molecule has 0 unspecified atom stereocenters. The summed E-state index contributed by atoms with van der Waals surface area (Å²) in [6, 6.07) is 0. The van der Waals surface area contributed by atoms with Crippen LogP contribution in [0.5, 0.6) is 0 Å². The molecule has 22 heavy (non-hydrogen) atoms. The summed E-state index contributed by atoms with van der Waals surface area (Å²) >= 11 is 0. The van der Waals surface area contributed by atoms with E-state index in [9.17, 15) is 0 Å². The van der Waals surface area contributed by atoms with Crippen LogP contribution in [0.3, 0.4) is 0 Å². The number of carbonyl (C=O) groups is 3. The average Bonchev–Trinajstić information content (AvgIpc) is 2.31. The second-order valence-electron chi connectivity index (χ2n) is 3.95. The molecule has 0 spiro atoms. The van der Waals surface area contributed by atoms with Crippen molar-refractivity contribution >= 4 is 17.9 Å². The van der Waals surface area contributed by atoms with Gasteiger partial charge in [0.2, 0.25) is 0 Å². The second kappa shape index (κ2) is 27.6. The van der Waals surface area contributed by atoms with Crippen LogP contribution < -0.4 is 16.8 Å². The van der Waals surface area contributed by atoms with Crippen LogP contribution in [-0.4, -0.2) is 59.4 Å². The van der Waals surface area contributed by atoms with Crippen LogP contribution in [-0.2, 0) is 14.4 Å². The number of carboxylic acid groups (broad SMARTS) is 3. The second-order valence-corrected chi connectivity index (χ2v) is 3.95. The standard InChI is InChI=1S/C7H19N3.3C2H4O2/c8-4-1-2-6-10-7-3-5-9;3*1-2(3)4/h10H,1-9H2;3*1H3,(H,3,4). The van der Waals surface area contributed by atoms with E-state index in [0.717, 1.165) is 59.8 Å². The van der Waals surface area contributed by atoms with Crippen molar-refractivity contribution < 1.29 is 29.7 Å². The predicted molar refractivity (Wildman–Crippen MR) is 84.8 cm³/mol. The Kier molecular flexibility index (Phi) is 35.7. The lowest BCUT2D eigenvalue weighted by Gasteiger charge is -2.01. The Hall–Kier alpha value is -1.71. The minimum absolute atomic E-state index is 0.782. The monoisotopic (exact) mass is 325 g/mol. The third-order valence-electron chi connectivity index (χ3n) is 1.37. The van der Waals surface area contributed by atoms with E-state index >= 15 is 0 Å². The highest BCUT2D eigenvalue weighted by Crippen LogP contribution is 1.81. The Labute approximate surface area is 131 Å². The Bertz CT molecular complexity index is 214. The molecular formula is C13H31N3O6. The molecule has 8 N–H and O–H groups in total. The van der Waals surface area contributed by atoms with Crippen molar-refractivity contribution in [1.29, 1.82) is 0 Å². The van der Waals surface area contributed by atoms with Crippen molar-refractivity contribution in [2.45, 2.75) is 40.0 Å². The number of rotatable bonds is 7. The number of nitrogens with one attached hydrogen (secondary N) is 1. The molecule has 0 bridgehead atoms. The van der Waals surface area contributed by atoms with Gasteiger partial charge in [-0.3, -0.25) is 14.4 Å². The maximum absolute atomic E-state index is 9.00. The van der Waals surface area contributed by atoms with Gasteiger partial charge in [0.05, 0.1) is 0 Å². The molecule has 0 saturated heterocycles. The molecule has 0 aliphatic heterocycles. The van der Waals surface area contributed by atoms with E-state index in [0.29, 0.717) is 0 Å². The first-order valence-corrected chi connectivity index (χ1v) is 6.81. The molecule has 0 atom stereocenters. The highest BCUT2D eigenvalue weighted by Gasteiger charge is 1.85. The lowest BCUT2D eigenvalue weighted by molar-refractivity contribution is -0.135. The fourth-order valence-corrected chi connectivity index (χ4v) is 0.746.